The van der Waals surface area contributed by atoms with Gasteiger partial charge in [0.2, 0.25) is 6.79 Å². The molecule has 2 aromatic carbocycles. The first-order valence-corrected chi connectivity index (χ1v) is 6.98. The molecule has 1 atom stereocenters. The van der Waals surface area contributed by atoms with Crippen LogP contribution in [-0.4, -0.2) is 13.9 Å². The van der Waals surface area contributed by atoms with Crippen molar-refractivity contribution < 1.29 is 14.2 Å². The van der Waals surface area contributed by atoms with Gasteiger partial charge in [0.05, 0.1) is 7.11 Å². The quantitative estimate of drug-likeness (QED) is 0.924. The number of hydrogen-bond donors (Lipinski definition) is 1. The van der Waals surface area contributed by atoms with Gasteiger partial charge in [-0.15, -0.1) is 0 Å². The predicted molar refractivity (Wildman–Crippen MR) is 82.3 cm³/mol. The summed E-state index contributed by atoms with van der Waals surface area (Å²) in [5, 5.41) is 3.52. The first-order chi connectivity index (χ1) is 10.2. The Morgan fingerprint density at radius 3 is 2.67 bits per heavy atom. The van der Waals surface area contributed by atoms with E-state index in [-0.39, 0.29) is 6.04 Å². The SMILES string of the molecule is COc1ccc(NC(C)c2ccc3c(c2)OCO3)c(C)c1. The monoisotopic (exact) mass is 285 g/mol. The van der Waals surface area contributed by atoms with E-state index in [2.05, 4.69) is 25.2 Å². The lowest BCUT2D eigenvalue weighted by Gasteiger charge is -2.18. The van der Waals surface area contributed by atoms with Gasteiger partial charge in [-0.2, -0.15) is 0 Å². The van der Waals surface area contributed by atoms with Gasteiger partial charge in [-0.25, -0.2) is 0 Å². The van der Waals surface area contributed by atoms with E-state index in [1.165, 1.54) is 0 Å². The molecule has 4 heteroatoms. The minimum absolute atomic E-state index is 0.173. The number of benzene rings is 2. The van der Waals surface area contributed by atoms with Crippen LogP contribution in [0.25, 0.3) is 0 Å². The van der Waals surface area contributed by atoms with E-state index in [1.807, 2.05) is 30.3 Å². The van der Waals surface area contributed by atoms with Crippen molar-refractivity contribution in [3.63, 3.8) is 0 Å². The summed E-state index contributed by atoms with van der Waals surface area (Å²) in [4.78, 5) is 0. The van der Waals surface area contributed by atoms with Crippen molar-refractivity contribution in [2.45, 2.75) is 19.9 Å². The van der Waals surface area contributed by atoms with Crippen molar-refractivity contribution in [1.29, 1.82) is 0 Å². The summed E-state index contributed by atoms with van der Waals surface area (Å²) >= 11 is 0. The van der Waals surface area contributed by atoms with Crippen LogP contribution in [-0.2, 0) is 0 Å². The molecule has 2 aromatic rings. The molecular formula is C17H19NO3. The number of hydrogen-bond acceptors (Lipinski definition) is 4. The zero-order chi connectivity index (χ0) is 14.8. The van der Waals surface area contributed by atoms with Crippen molar-refractivity contribution in [3.8, 4) is 17.2 Å². The van der Waals surface area contributed by atoms with Crippen LogP contribution in [0.15, 0.2) is 36.4 Å². The minimum Gasteiger partial charge on any atom is -0.497 e. The highest BCUT2D eigenvalue weighted by Gasteiger charge is 2.16. The topological polar surface area (TPSA) is 39.7 Å². The third-order valence-electron chi connectivity index (χ3n) is 3.70. The molecule has 0 spiro atoms. The number of fused-ring (bicyclic) bond motifs is 1. The van der Waals surface area contributed by atoms with Crippen LogP contribution < -0.4 is 19.5 Å². The second kappa shape index (κ2) is 5.56. The van der Waals surface area contributed by atoms with Crippen LogP contribution in [0.4, 0.5) is 5.69 Å². The van der Waals surface area contributed by atoms with Crippen molar-refractivity contribution in [1.82, 2.24) is 0 Å². The Labute approximate surface area is 124 Å². The molecule has 0 saturated carbocycles. The van der Waals surface area contributed by atoms with E-state index in [0.717, 1.165) is 34.1 Å². The van der Waals surface area contributed by atoms with Crippen LogP contribution in [0.1, 0.15) is 24.1 Å². The van der Waals surface area contributed by atoms with E-state index in [0.29, 0.717) is 6.79 Å². The average Bonchev–Trinajstić information content (AvgIpc) is 2.96. The van der Waals surface area contributed by atoms with Crippen LogP contribution in [0.3, 0.4) is 0 Å². The number of methoxy groups -OCH3 is 1. The Morgan fingerprint density at radius 1 is 1.10 bits per heavy atom. The maximum absolute atomic E-state index is 5.43. The molecule has 0 fully saturated rings. The highest BCUT2D eigenvalue weighted by molar-refractivity contribution is 5.55. The molecule has 21 heavy (non-hydrogen) atoms. The summed E-state index contributed by atoms with van der Waals surface area (Å²) in [5.41, 5.74) is 3.41. The van der Waals surface area contributed by atoms with Crippen molar-refractivity contribution in [3.05, 3.63) is 47.5 Å². The molecular weight excluding hydrogens is 266 g/mol. The van der Waals surface area contributed by atoms with E-state index in [1.54, 1.807) is 7.11 Å². The highest BCUT2D eigenvalue weighted by Crippen LogP contribution is 2.35. The van der Waals surface area contributed by atoms with Gasteiger partial charge in [0.15, 0.2) is 11.5 Å². The average molecular weight is 285 g/mol. The fourth-order valence-electron chi connectivity index (χ4n) is 2.42. The Kier molecular flexibility index (Phi) is 3.60. The zero-order valence-corrected chi connectivity index (χ0v) is 12.5. The summed E-state index contributed by atoms with van der Waals surface area (Å²) in [6, 6.07) is 12.2. The van der Waals surface area contributed by atoms with Crippen LogP contribution in [0.5, 0.6) is 17.2 Å². The Morgan fingerprint density at radius 2 is 1.90 bits per heavy atom. The van der Waals surface area contributed by atoms with Gasteiger partial charge in [-0.3, -0.25) is 0 Å². The highest BCUT2D eigenvalue weighted by atomic mass is 16.7. The number of aryl methyl sites for hydroxylation is 1. The smallest absolute Gasteiger partial charge is 0.231 e. The van der Waals surface area contributed by atoms with Gasteiger partial charge in [0.25, 0.3) is 0 Å². The maximum Gasteiger partial charge on any atom is 0.231 e. The van der Waals surface area contributed by atoms with E-state index < -0.39 is 0 Å². The molecule has 1 N–H and O–H groups in total. The molecule has 110 valence electrons. The molecule has 4 nitrogen and oxygen atoms in total. The second-order valence-electron chi connectivity index (χ2n) is 5.16. The molecule has 1 unspecified atom stereocenters. The van der Waals surface area contributed by atoms with Crippen molar-refractivity contribution in [2.75, 3.05) is 19.2 Å². The molecule has 0 radical (unpaired) electrons. The third-order valence-corrected chi connectivity index (χ3v) is 3.70. The lowest BCUT2D eigenvalue weighted by Crippen LogP contribution is -2.07. The van der Waals surface area contributed by atoms with Gasteiger partial charge < -0.3 is 19.5 Å². The number of anilines is 1. The lowest BCUT2D eigenvalue weighted by molar-refractivity contribution is 0.174. The van der Waals surface area contributed by atoms with Gasteiger partial charge in [0, 0.05) is 11.7 Å². The normalized spacial score (nSPS) is 13.9. The Bertz CT molecular complexity index is 654. The van der Waals surface area contributed by atoms with Crippen LogP contribution in [0.2, 0.25) is 0 Å². The van der Waals surface area contributed by atoms with Crippen LogP contribution in [0, 0.1) is 6.92 Å². The van der Waals surface area contributed by atoms with Crippen molar-refractivity contribution in [2.24, 2.45) is 0 Å². The Balaban J connectivity index is 1.78. The summed E-state index contributed by atoms with van der Waals surface area (Å²) in [5.74, 6) is 2.49. The minimum atomic E-state index is 0.173. The molecule has 3 rings (SSSR count). The largest absolute Gasteiger partial charge is 0.497 e. The summed E-state index contributed by atoms with van der Waals surface area (Å²) < 4.78 is 16.0. The first-order valence-electron chi connectivity index (χ1n) is 6.98. The summed E-state index contributed by atoms with van der Waals surface area (Å²) in [6.07, 6.45) is 0. The summed E-state index contributed by atoms with van der Waals surface area (Å²) in [7, 11) is 1.68. The Hall–Kier alpha value is -2.36. The van der Waals surface area contributed by atoms with Gasteiger partial charge in [-0.05, 0) is 55.3 Å². The molecule has 0 aromatic heterocycles. The molecule has 1 aliphatic heterocycles. The zero-order valence-electron chi connectivity index (χ0n) is 12.5. The predicted octanol–water partition coefficient (Wildman–Crippen LogP) is 3.91. The number of nitrogens with one attached hydrogen (secondary N) is 1. The third kappa shape index (κ3) is 2.75. The van der Waals surface area contributed by atoms with Gasteiger partial charge in [0.1, 0.15) is 5.75 Å². The fraction of sp³-hybridized carbons (Fsp3) is 0.294. The standard InChI is InChI=1S/C17H19NO3/c1-11-8-14(19-3)5-6-15(11)18-12(2)13-4-7-16-17(9-13)21-10-20-16/h4-9,12,18H,10H2,1-3H3. The van der Waals surface area contributed by atoms with E-state index >= 15 is 0 Å². The fourth-order valence-corrected chi connectivity index (χ4v) is 2.42. The van der Waals surface area contributed by atoms with Gasteiger partial charge in [-0.1, -0.05) is 6.07 Å². The van der Waals surface area contributed by atoms with Gasteiger partial charge >= 0.3 is 0 Å². The number of ether oxygens (including phenoxy) is 3. The lowest BCUT2D eigenvalue weighted by atomic mass is 10.1. The number of rotatable bonds is 4. The molecule has 0 saturated heterocycles. The van der Waals surface area contributed by atoms with Crippen molar-refractivity contribution >= 4 is 5.69 Å². The molecule has 1 heterocycles. The second-order valence-corrected chi connectivity index (χ2v) is 5.16. The molecule has 0 bridgehead atoms. The van der Waals surface area contributed by atoms with E-state index in [9.17, 15) is 0 Å². The summed E-state index contributed by atoms with van der Waals surface area (Å²) in [6.45, 7) is 4.50. The van der Waals surface area contributed by atoms with E-state index in [4.69, 9.17) is 14.2 Å². The molecule has 0 amide bonds. The molecule has 0 aliphatic carbocycles. The first kappa shape index (κ1) is 13.6. The van der Waals surface area contributed by atoms with Crippen LogP contribution >= 0.6 is 0 Å². The maximum atomic E-state index is 5.43. The molecule has 1 aliphatic rings.